The minimum Gasteiger partial charge on any atom is -0.396 e. The van der Waals surface area contributed by atoms with Gasteiger partial charge in [-0.05, 0) is 18.6 Å². The van der Waals surface area contributed by atoms with Crippen molar-refractivity contribution >= 4 is 21.4 Å². The average molecular weight is 317 g/mol. The molecular weight excluding hydrogens is 298 g/mol. The van der Waals surface area contributed by atoms with Gasteiger partial charge in [-0.1, -0.05) is 6.92 Å². The van der Waals surface area contributed by atoms with Crippen LogP contribution in [0, 0.1) is 10.1 Å². The van der Waals surface area contributed by atoms with Crippen LogP contribution in [0.2, 0.25) is 0 Å². The minimum absolute atomic E-state index is 0.107. The highest BCUT2D eigenvalue weighted by Crippen LogP contribution is 2.29. The second-order valence-corrected chi connectivity index (χ2v) is 6.17. The lowest BCUT2D eigenvalue weighted by Crippen LogP contribution is -2.32. The van der Waals surface area contributed by atoms with Gasteiger partial charge in [-0.3, -0.25) is 10.1 Å². The molecule has 0 aliphatic rings. The molecule has 21 heavy (non-hydrogen) atoms. The van der Waals surface area contributed by atoms with Crippen LogP contribution in [0.5, 0.6) is 0 Å². The number of nitrogens with one attached hydrogen (secondary N) is 1. The molecule has 0 aliphatic heterocycles. The van der Waals surface area contributed by atoms with E-state index in [1.807, 2.05) is 0 Å². The van der Waals surface area contributed by atoms with Crippen LogP contribution in [0.1, 0.15) is 13.3 Å². The summed E-state index contributed by atoms with van der Waals surface area (Å²) in [5.74, 6) is 0. The fourth-order valence-corrected chi connectivity index (χ4v) is 3.53. The number of nitro benzene ring substituents is 1. The predicted octanol–water partition coefficient (Wildman–Crippen LogP) is 1.03. The van der Waals surface area contributed by atoms with Crippen LogP contribution in [0.4, 0.5) is 11.4 Å². The number of hydrogen-bond acceptors (Lipinski definition) is 6. The van der Waals surface area contributed by atoms with E-state index >= 15 is 0 Å². The Hall–Kier alpha value is -1.71. The van der Waals surface area contributed by atoms with Crippen molar-refractivity contribution in [3.05, 3.63) is 28.3 Å². The van der Waals surface area contributed by atoms with Gasteiger partial charge >= 0.3 is 0 Å². The van der Waals surface area contributed by atoms with Crippen molar-refractivity contribution < 1.29 is 18.4 Å². The van der Waals surface area contributed by atoms with E-state index in [0.29, 0.717) is 5.69 Å². The molecule has 0 aromatic heterocycles. The topological polar surface area (TPSA) is 113 Å². The van der Waals surface area contributed by atoms with Gasteiger partial charge in [-0.25, -0.2) is 8.42 Å². The van der Waals surface area contributed by atoms with Crippen LogP contribution in [-0.2, 0) is 10.0 Å². The summed E-state index contributed by atoms with van der Waals surface area (Å²) >= 11 is 0. The molecule has 0 atom stereocenters. The van der Waals surface area contributed by atoms with Crippen LogP contribution in [0.3, 0.4) is 0 Å². The summed E-state index contributed by atoms with van der Waals surface area (Å²) in [6, 6.07) is 3.86. The van der Waals surface area contributed by atoms with E-state index in [1.54, 1.807) is 14.0 Å². The van der Waals surface area contributed by atoms with Crippen LogP contribution in [0.25, 0.3) is 0 Å². The first-order valence-electron chi connectivity index (χ1n) is 6.45. The highest BCUT2D eigenvalue weighted by atomic mass is 32.2. The van der Waals surface area contributed by atoms with Gasteiger partial charge in [0.15, 0.2) is 4.90 Å². The molecule has 0 fully saturated rings. The standard InChI is InChI=1S/C12H19N3O5S/c1-3-14(7-4-8-16)21(19,20)12-9-10(13-2)5-6-11(12)15(17)18/h5-6,9,13,16H,3-4,7-8H2,1-2H3. The number of benzene rings is 1. The maximum absolute atomic E-state index is 12.6. The SMILES string of the molecule is CCN(CCCO)S(=O)(=O)c1cc(NC)ccc1[N+](=O)[O-]. The molecule has 1 aromatic rings. The van der Waals surface area contributed by atoms with Gasteiger partial charge in [0, 0.05) is 38.5 Å². The average Bonchev–Trinajstić information content (AvgIpc) is 2.47. The molecule has 0 radical (unpaired) electrons. The third kappa shape index (κ3) is 3.90. The Bertz CT molecular complexity index is 603. The first-order chi connectivity index (χ1) is 9.88. The third-order valence-corrected chi connectivity index (χ3v) is 4.98. The molecule has 0 unspecified atom stereocenters. The van der Waals surface area contributed by atoms with Crippen molar-refractivity contribution in [1.82, 2.24) is 4.31 Å². The molecule has 0 bridgehead atoms. The summed E-state index contributed by atoms with van der Waals surface area (Å²) in [5.41, 5.74) is 0.00818. The fourth-order valence-electron chi connectivity index (χ4n) is 1.86. The predicted molar refractivity (Wildman–Crippen MR) is 78.8 cm³/mol. The fraction of sp³-hybridized carbons (Fsp3) is 0.500. The Morgan fingerprint density at radius 2 is 2.10 bits per heavy atom. The van der Waals surface area contributed by atoms with Crippen LogP contribution in [0.15, 0.2) is 23.1 Å². The molecule has 0 aliphatic carbocycles. The smallest absolute Gasteiger partial charge is 0.289 e. The second kappa shape index (κ2) is 7.34. The lowest BCUT2D eigenvalue weighted by molar-refractivity contribution is -0.387. The van der Waals surface area contributed by atoms with Crippen LogP contribution < -0.4 is 5.32 Å². The Kier molecular flexibility index (Phi) is 6.06. The summed E-state index contributed by atoms with van der Waals surface area (Å²) in [6.07, 6.45) is 0.270. The van der Waals surface area contributed by atoms with E-state index in [0.717, 1.165) is 4.31 Å². The van der Waals surface area contributed by atoms with E-state index in [2.05, 4.69) is 5.32 Å². The highest BCUT2D eigenvalue weighted by Gasteiger charge is 2.30. The first-order valence-corrected chi connectivity index (χ1v) is 7.89. The van der Waals surface area contributed by atoms with E-state index in [9.17, 15) is 18.5 Å². The van der Waals surface area contributed by atoms with E-state index in [1.165, 1.54) is 18.2 Å². The number of nitrogens with zero attached hydrogens (tertiary/aromatic N) is 2. The quantitative estimate of drug-likeness (QED) is 0.547. The van der Waals surface area contributed by atoms with Gasteiger partial charge in [0.25, 0.3) is 5.69 Å². The summed E-state index contributed by atoms with van der Waals surface area (Å²) in [7, 11) is -2.39. The van der Waals surface area contributed by atoms with Gasteiger partial charge in [0.1, 0.15) is 0 Å². The molecule has 8 nitrogen and oxygen atoms in total. The van der Waals surface area contributed by atoms with Crippen molar-refractivity contribution in [3.63, 3.8) is 0 Å². The van der Waals surface area contributed by atoms with Gasteiger partial charge in [0.05, 0.1) is 4.92 Å². The molecule has 9 heteroatoms. The Morgan fingerprint density at radius 3 is 2.57 bits per heavy atom. The number of hydrogen-bond donors (Lipinski definition) is 2. The normalized spacial score (nSPS) is 11.6. The Morgan fingerprint density at radius 1 is 1.43 bits per heavy atom. The third-order valence-electron chi connectivity index (χ3n) is 2.98. The molecular formula is C12H19N3O5S. The Labute approximate surface area is 123 Å². The van der Waals surface area contributed by atoms with Crippen LogP contribution in [-0.4, -0.2) is 49.5 Å². The summed E-state index contributed by atoms with van der Waals surface area (Å²) in [6.45, 7) is 1.77. The number of sulfonamides is 1. The number of aliphatic hydroxyl groups excluding tert-OH is 1. The molecule has 1 aromatic carbocycles. The molecule has 0 saturated heterocycles. The lowest BCUT2D eigenvalue weighted by atomic mass is 10.3. The minimum atomic E-state index is -3.99. The second-order valence-electron chi connectivity index (χ2n) is 4.26. The monoisotopic (exact) mass is 317 g/mol. The van der Waals surface area contributed by atoms with E-state index in [4.69, 9.17) is 5.11 Å². The van der Waals surface area contributed by atoms with Crippen molar-refractivity contribution in [3.8, 4) is 0 Å². The Balaban J connectivity index is 3.36. The van der Waals surface area contributed by atoms with Crippen molar-refractivity contribution in [2.24, 2.45) is 0 Å². The molecule has 2 N–H and O–H groups in total. The molecule has 1 rings (SSSR count). The molecule has 0 spiro atoms. The van der Waals surface area contributed by atoms with Gasteiger partial charge in [-0.15, -0.1) is 0 Å². The maximum Gasteiger partial charge on any atom is 0.289 e. The van der Waals surface area contributed by atoms with Crippen molar-refractivity contribution in [1.29, 1.82) is 0 Å². The largest absolute Gasteiger partial charge is 0.396 e. The zero-order chi connectivity index (χ0) is 16.0. The lowest BCUT2D eigenvalue weighted by Gasteiger charge is -2.20. The highest BCUT2D eigenvalue weighted by molar-refractivity contribution is 7.89. The number of anilines is 1. The van der Waals surface area contributed by atoms with Gasteiger partial charge < -0.3 is 10.4 Å². The zero-order valence-electron chi connectivity index (χ0n) is 11.9. The maximum atomic E-state index is 12.6. The summed E-state index contributed by atoms with van der Waals surface area (Å²) in [4.78, 5) is 9.99. The van der Waals surface area contributed by atoms with Gasteiger partial charge in [-0.2, -0.15) is 4.31 Å². The zero-order valence-corrected chi connectivity index (χ0v) is 12.8. The molecule has 0 amide bonds. The van der Waals surface area contributed by atoms with Crippen LogP contribution >= 0.6 is 0 Å². The van der Waals surface area contributed by atoms with Crippen molar-refractivity contribution in [2.45, 2.75) is 18.2 Å². The summed E-state index contributed by atoms with van der Waals surface area (Å²) < 4.78 is 26.3. The summed E-state index contributed by atoms with van der Waals surface area (Å²) in [5, 5.41) is 22.6. The molecule has 0 saturated carbocycles. The first kappa shape index (κ1) is 17.3. The molecule has 0 heterocycles. The molecule has 118 valence electrons. The van der Waals surface area contributed by atoms with Crippen molar-refractivity contribution in [2.75, 3.05) is 32.1 Å². The number of nitro groups is 1. The van der Waals surface area contributed by atoms with E-state index in [-0.39, 0.29) is 31.0 Å². The number of rotatable bonds is 8. The number of aliphatic hydroxyl groups is 1. The van der Waals surface area contributed by atoms with Gasteiger partial charge in [0.2, 0.25) is 10.0 Å². The van der Waals surface area contributed by atoms with E-state index < -0.39 is 20.6 Å².